The molecule has 0 saturated heterocycles. The van der Waals surface area contributed by atoms with Gasteiger partial charge in [-0.05, 0) is 51.5 Å². The zero-order chi connectivity index (χ0) is 15.9. The van der Waals surface area contributed by atoms with Gasteiger partial charge in [-0.2, -0.15) is 0 Å². The van der Waals surface area contributed by atoms with Crippen LogP contribution in [0, 0.1) is 11.3 Å². The SMILES string of the molecule is CC(C)(C)OC(=O)C(=N)CC(CCO)Cc1ccccc1. The second kappa shape index (κ2) is 7.93. The van der Waals surface area contributed by atoms with Crippen LogP contribution < -0.4 is 0 Å². The van der Waals surface area contributed by atoms with E-state index in [9.17, 15) is 4.79 Å². The minimum absolute atomic E-state index is 0.0284. The Hall–Kier alpha value is -1.68. The normalized spacial score (nSPS) is 12.8. The Balaban J connectivity index is 2.61. The van der Waals surface area contributed by atoms with Gasteiger partial charge in [0.1, 0.15) is 11.3 Å². The number of esters is 1. The van der Waals surface area contributed by atoms with Crippen LogP contribution in [0.4, 0.5) is 0 Å². The molecule has 1 aromatic rings. The van der Waals surface area contributed by atoms with E-state index in [2.05, 4.69) is 0 Å². The highest BCUT2D eigenvalue weighted by Gasteiger charge is 2.22. The summed E-state index contributed by atoms with van der Waals surface area (Å²) in [6.45, 7) is 5.41. The van der Waals surface area contributed by atoms with Gasteiger partial charge in [0.05, 0.1) is 0 Å². The molecule has 116 valence electrons. The van der Waals surface area contributed by atoms with Crippen LogP contribution >= 0.6 is 0 Å². The third-order valence-electron chi connectivity index (χ3n) is 3.04. The lowest BCUT2D eigenvalue weighted by Gasteiger charge is -2.21. The fourth-order valence-corrected chi connectivity index (χ4v) is 2.12. The average molecular weight is 291 g/mol. The highest BCUT2D eigenvalue weighted by atomic mass is 16.6. The molecule has 0 radical (unpaired) electrons. The van der Waals surface area contributed by atoms with Crippen LogP contribution in [0.25, 0.3) is 0 Å². The molecule has 0 aliphatic carbocycles. The number of benzene rings is 1. The molecule has 0 aliphatic rings. The molecule has 0 spiro atoms. The van der Waals surface area contributed by atoms with E-state index in [1.54, 1.807) is 20.8 Å². The minimum atomic E-state index is -0.588. The lowest BCUT2D eigenvalue weighted by Crippen LogP contribution is -2.30. The van der Waals surface area contributed by atoms with Crippen molar-refractivity contribution in [3.05, 3.63) is 35.9 Å². The molecule has 0 aliphatic heterocycles. The summed E-state index contributed by atoms with van der Waals surface area (Å²) >= 11 is 0. The Bertz CT molecular complexity index is 463. The fourth-order valence-electron chi connectivity index (χ4n) is 2.12. The molecule has 0 heterocycles. The second-order valence-electron chi connectivity index (χ2n) is 6.25. The highest BCUT2D eigenvalue weighted by molar-refractivity contribution is 6.35. The van der Waals surface area contributed by atoms with Gasteiger partial charge in [0.2, 0.25) is 0 Å². The maximum absolute atomic E-state index is 11.8. The van der Waals surface area contributed by atoms with Crippen molar-refractivity contribution in [1.82, 2.24) is 0 Å². The van der Waals surface area contributed by atoms with Crippen LogP contribution in [0.1, 0.15) is 39.2 Å². The van der Waals surface area contributed by atoms with E-state index in [0.717, 1.165) is 12.0 Å². The van der Waals surface area contributed by atoms with E-state index in [1.807, 2.05) is 30.3 Å². The van der Waals surface area contributed by atoms with Gasteiger partial charge in [-0.25, -0.2) is 4.79 Å². The molecular weight excluding hydrogens is 266 g/mol. The highest BCUT2D eigenvalue weighted by Crippen LogP contribution is 2.18. The van der Waals surface area contributed by atoms with Crippen molar-refractivity contribution < 1.29 is 14.6 Å². The van der Waals surface area contributed by atoms with E-state index in [1.165, 1.54) is 0 Å². The van der Waals surface area contributed by atoms with E-state index in [0.29, 0.717) is 12.8 Å². The number of nitrogens with one attached hydrogen (secondary N) is 1. The summed E-state index contributed by atoms with van der Waals surface area (Å²) in [5.41, 5.74) is 0.530. The predicted octanol–water partition coefficient (Wildman–Crippen LogP) is 2.98. The number of hydrogen-bond donors (Lipinski definition) is 2. The summed E-state index contributed by atoms with van der Waals surface area (Å²) < 4.78 is 5.20. The predicted molar refractivity (Wildman–Crippen MR) is 83.5 cm³/mol. The second-order valence-corrected chi connectivity index (χ2v) is 6.25. The Labute approximate surface area is 126 Å². The maximum Gasteiger partial charge on any atom is 0.352 e. The molecule has 0 bridgehead atoms. The van der Waals surface area contributed by atoms with Gasteiger partial charge in [0, 0.05) is 6.61 Å². The van der Waals surface area contributed by atoms with Crippen LogP contribution in [0.15, 0.2) is 30.3 Å². The summed E-state index contributed by atoms with van der Waals surface area (Å²) in [4.78, 5) is 11.8. The van der Waals surface area contributed by atoms with Gasteiger partial charge >= 0.3 is 5.97 Å². The van der Waals surface area contributed by atoms with Crippen molar-refractivity contribution in [1.29, 1.82) is 5.41 Å². The number of carbonyl (C=O) groups is 1. The summed E-state index contributed by atoms with van der Waals surface area (Å²) in [5.74, 6) is -0.504. The molecule has 1 unspecified atom stereocenters. The first kappa shape index (κ1) is 17.4. The van der Waals surface area contributed by atoms with Crippen LogP contribution in [0.5, 0.6) is 0 Å². The summed E-state index contributed by atoms with van der Waals surface area (Å²) in [6.07, 6.45) is 1.64. The topological polar surface area (TPSA) is 70.4 Å². The third kappa shape index (κ3) is 7.04. The van der Waals surface area contributed by atoms with Gasteiger partial charge in [-0.1, -0.05) is 30.3 Å². The first-order valence-electron chi connectivity index (χ1n) is 7.27. The van der Waals surface area contributed by atoms with Crippen molar-refractivity contribution in [3.63, 3.8) is 0 Å². The van der Waals surface area contributed by atoms with Gasteiger partial charge in [0.25, 0.3) is 0 Å². The van der Waals surface area contributed by atoms with Gasteiger partial charge < -0.3 is 9.84 Å². The van der Waals surface area contributed by atoms with Gasteiger partial charge in [0.15, 0.2) is 0 Å². The first-order valence-corrected chi connectivity index (χ1v) is 7.27. The number of hydrogen-bond acceptors (Lipinski definition) is 4. The van der Waals surface area contributed by atoms with E-state index >= 15 is 0 Å². The van der Waals surface area contributed by atoms with Crippen LogP contribution in [-0.2, 0) is 16.0 Å². The van der Waals surface area contributed by atoms with Gasteiger partial charge in [-0.15, -0.1) is 0 Å². The number of aliphatic hydroxyl groups excluding tert-OH is 1. The molecule has 0 fully saturated rings. The van der Waals surface area contributed by atoms with E-state index in [4.69, 9.17) is 15.3 Å². The van der Waals surface area contributed by atoms with Gasteiger partial charge in [-0.3, -0.25) is 5.41 Å². The smallest absolute Gasteiger partial charge is 0.352 e. The Morgan fingerprint density at radius 2 is 1.90 bits per heavy atom. The Morgan fingerprint density at radius 1 is 1.29 bits per heavy atom. The molecule has 1 aromatic carbocycles. The number of aliphatic hydroxyl groups is 1. The van der Waals surface area contributed by atoms with Crippen molar-refractivity contribution in [2.24, 2.45) is 5.92 Å². The molecule has 1 atom stereocenters. The molecule has 0 saturated carbocycles. The number of rotatable bonds is 7. The summed E-state index contributed by atoms with van der Waals surface area (Å²) in [6, 6.07) is 9.91. The van der Waals surface area contributed by atoms with Crippen LogP contribution in [0.3, 0.4) is 0 Å². The maximum atomic E-state index is 11.8. The minimum Gasteiger partial charge on any atom is -0.456 e. The largest absolute Gasteiger partial charge is 0.456 e. The third-order valence-corrected chi connectivity index (χ3v) is 3.04. The van der Waals surface area contributed by atoms with Crippen LogP contribution in [0.2, 0.25) is 0 Å². The van der Waals surface area contributed by atoms with Crippen molar-refractivity contribution in [2.45, 2.75) is 45.6 Å². The molecule has 0 amide bonds. The fraction of sp³-hybridized carbons (Fsp3) is 0.529. The lowest BCUT2D eigenvalue weighted by atomic mass is 9.91. The summed E-state index contributed by atoms with van der Waals surface area (Å²) in [5, 5.41) is 17.1. The monoisotopic (exact) mass is 291 g/mol. The van der Waals surface area contributed by atoms with Crippen molar-refractivity contribution >= 4 is 11.7 Å². The van der Waals surface area contributed by atoms with Crippen molar-refractivity contribution in [2.75, 3.05) is 6.61 Å². The summed E-state index contributed by atoms with van der Waals surface area (Å²) in [7, 11) is 0. The lowest BCUT2D eigenvalue weighted by molar-refractivity contribution is -0.146. The molecule has 2 N–H and O–H groups in total. The molecule has 1 rings (SSSR count). The standard InChI is InChI=1S/C17H25NO3/c1-17(2,3)21-16(20)15(18)12-14(9-10-19)11-13-7-5-4-6-8-13/h4-8,14,18-19H,9-12H2,1-3H3. The first-order chi connectivity index (χ1) is 9.81. The molecule has 4 heteroatoms. The van der Waals surface area contributed by atoms with E-state index in [-0.39, 0.29) is 18.2 Å². The van der Waals surface area contributed by atoms with E-state index < -0.39 is 11.6 Å². The number of carbonyl (C=O) groups excluding carboxylic acids is 1. The zero-order valence-electron chi connectivity index (χ0n) is 13.1. The Morgan fingerprint density at radius 3 is 2.43 bits per heavy atom. The van der Waals surface area contributed by atoms with Crippen LogP contribution in [-0.4, -0.2) is 29.0 Å². The molecular formula is C17H25NO3. The molecule has 0 aromatic heterocycles. The quantitative estimate of drug-likeness (QED) is 0.599. The average Bonchev–Trinajstić information content (AvgIpc) is 2.38. The molecule has 21 heavy (non-hydrogen) atoms. The van der Waals surface area contributed by atoms with Crippen molar-refractivity contribution in [3.8, 4) is 0 Å². The number of ether oxygens (including phenoxy) is 1. The Kier molecular flexibility index (Phi) is 6.56. The molecule has 4 nitrogen and oxygen atoms in total. The zero-order valence-corrected chi connectivity index (χ0v) is 13.1.